The van der Waals surface area contributed by atoms with E-state index in [0.29, 0.717) is 5.82 Å². The van der Waals surface area contributed by atoms with E-state index >= 15 is 0 Å². The number of hydrogen-bond donors (Lipinski definition) is 1. The van der Waals surface area contributed by atoms with Gasteiger partial charge in [0.15, 0.2) is 8.68 Å². The number of sulfonamides is 1. The molecule has 0 unspecified atom stereocenters. The number of aryl methyl sites for hydroxylation is 1. The number of thiazole rings is 1. The smallest absolute Gasteiger partial charge is 0.252 e. The fraction of sp³-hybridized carbons (Fsp3) is 0.250. The van der Waals surface area contributed by atoms with Crippen molar-refractivity contribution in [2.75, 3.05) is 0 Å². The van der Waals surface area contributed by atoms with E-state index in [4.69, 9.17) is 11.6 Å². The van der Waals surface area contributed by atoms with Crippen LogP contribution >= 0.6 is 22.9 Å². The highest BCUT2D eigenvalue weighted by Crippen LogP contribution is 2.22. The molecule has 17 heavy (non-hydrogen) atoms. The Bertz CT molecular complexity index is 619. The van der Waals surface area contributed by atoms with Crippen molar-refractivity contribution in [1.29, 1.82) is 0 Å². The molecule has 0 bridgehead atoms. The molecule has 0 aliphatic carbocycles. The zero-order valence-electron chi connectivity index (χ0n) is 8.79. The van der Waals surface area contributed by atoms with Crippen LogP contribution in [0.1, 0.15) is 5.82 Å². The van der Waals surface area contributed by atoms with Crippen molar-refractivity contribution in [3.63, 3.8) is 0 Å². The number of nitrogens with one attached hydrogen (secondary N) is 1. The van der Waals surface area contributed by atoms with Crippen molar-refractivity contribution < 1.29 is 8.42 Å². The lowest BCUT2D eigenvalue weighted by atomic mass is 10.6. The maximum absolute atomic E-state index is 11.8. The minimum atomic E-state index is -3.56. The van der Waals surface area contributed by atoms with Crippen molar-refractivity contribution in [1.82, 2.24) is 19.3 Å². The van der Waals surface area contributed by atoms with Crippen LogP contribution in [0.4, 0.5) is 0 Å². The average molecular weight is 293 g/mol. The van der Waals surface area contributed by atoms with Gasteiger partial charge in [-0.3, -0.25) is 0 Å². The normalized spacial score (nSPS) is 11.9. The van der Waals surface area contributed by atoms with Crippen LogP contribution < -0.4 is 4.72 Å². The lowest BCUT2D eigenvalue weighted by molar-refractivity contribution is 0.579. The Morgan fingerprint density at radius 2 is 2.29 bits per heavy atom. The van der Waals surface area contributed by atoms with Crippen LogP contribution in [0.2, 0.25) is 4.47 Å². The summed E-state index contributed by atoms with van der Waals surface area (Å²) in [5.74, 6) is 0.629. The predicted octanol–water partition coefficient (Wildman–Crippen LogP) is 1.01. The van der Waals surface area contributed by atoms with E-state index in [9.17, 15) is 8.42 Å². The molecule has 2 rings (SSSR count). The van der Waals surface area contributed by atoms with Gasteiger partial charge in [-0.2, -0.15) is 0 Å². The second-order valence-electron chi connectivity index (χ2n) is 3.21. The average Bonchev–Trinajstić information content (AvgIpc) is 2.85. The highest BCUT2D eigenvalue weighted by molar-refractivity contribution is 7.91. The Labute approximate surface area is 107 Å². The molecule has 0 saturated carbocycles. The number of imidazole rings is 1. The van der Waals surface area contributed by atoms with Crippen molar-refractivity contribution in [3.05, 3.63) is 28.9 Å². The molecule has 6 nitrogen and oxygen atoms in total. The molecule has 0 saturated heterocycles. The Hall–Kier alpha value is -0.960. The van der Waals surface area contributed by atoms with Crippen molar-refractivity contribution >= 4 is 33.0 Å². The molecule has 2 aromatic heterocycles. The minimum Gasteiger partial charge on any atom is -0.337 e. The molecular weight excluding hydrogens is 284 g/mol. The van der Waals surface area contributed by atoms with Gasteiger partial charge in [0.05, 0.1) is 12.7 Å². The number of hydrogen-bond acceptors (Lipinski definition) is 5. The molecule has 0 aliphatic rings. The van der Waals surface area contributed by atoms with Gasteiger partial charge in [0.2, 0.25) is 0 Å². The molecule has 0 aliphatic heterocycles. The van der Waals surface area contributed by atoms with Gasteiger partial charge >= 0.3 is 0 Å². The van der Waals surface area contributed by atoms with E-state index in [0.717, 1.165) is 11.3 Å². The summed E-state index contributed by atoms with van der Waals surface area (Å²) in [7, 11) is -1.77. The van der Waals surface area contributed by atoms with Gasteiger partial charge in [0, 0.05) is 19.4 Å². The summed E-state index contributed by atoms with van der Waals surface area (Å²) < 4.78 is 28.1. The summed E-state index contributed by atoms with van der Waals surface area (Å²) in [6, 6.07) is 0. The van der Waals surface area contributed by atoms with Gasteiger partial charge in [-0.1, -0.05) is 22.9 Å². The van der Waals surface area contributed by atoms with Gasteiger partial charge < -0.3 is 4.57 Å². The van der Waals surface area contributed by atoms with Crippen LogP contribution in [0.25, 0.3) is 0 Å². The Morgan fingerprint density at radius 1 is 1.53 bits per heavy atom. The molecule has 0 amide bonds. The molecule has 1 N–H and O–H groups in total. The van der Waals surface area contributed by atoms with Crippen LogP contribution in [0, 0.1) is 0 Å². The van der Waals surface area contributed by atoms with E-state index in [1.165, 1.54) is 6.20 Å². The molecule has 2 heterocycles. The van der Waals surface area contributed by atoms with Crippen LogP contribution in [0.5, 0.6) is 0 Å². The summed E-state index contributed by atoms with van der Waals surface area (Å²) >= 11 is 6.50. The third-order valence-corrected chi connectivity index (χ3v) is 5.04. The minimum absolute atomic E-state index is 0.0942. The number of aromatic nitrogens is 3. The third-order valence-electron chi connectivity index (χ3n) is 2.06. The fourth-order valence-corrected chi connectivity index (χ4v) is 3.48. The van der Waals surface area contributed by atoms with Gasteiger partial charge in [-0.25, -0.2) is 23.1 Å². The van der Waals surface area contributed by atoms with Crippen molar-refractivity contribution in [2.24, 2.45) is 7.05 Å². The number of nitrogens with zero attached hydrogens (tertiary/aromatic N) is 3. The maximum Gasteiger partial charge on any atom is 0.252 e. The van der Waals surface area contributed by atoms with Crippen LogP contribution in [-0.4, -0.2) is 23.0 Å². The first kappa shape index (κ1) is 12.5. The third kappa shape index (κ3) is 2.83. The lowest BCUT2D eigenvalue weighted by Gasteiger charge is -2.04. The zero-order valence-corrected chi connectivity index (χ0v) is 11.2. The molecule has 0 spiro atoms. The highest BCUT2D eigenvalue weighted by Gasteiger charge is 2.17. The topological polar surface area (TPSA) is 76.9 Å². The van der Waals surface area contributed by atoms with Crippen molar-refractivity contribution in [3.8, 4) is 0 Å². The highest BCUT2D eigenvalue weighted by atomic mass is 35.5. The molecule has 0 fully saturated rings. The lowest BCUT2D eigenvalue weighted by Crippen LogP contribution is -2.24. The molecule has 2 aromatic rings. The summed E-state index contributed by atoms with van der Waals surface area (Å²) in [6.45, 7) is 0.126. The monoisotopic (exact) mass is 292 g/mol. The standard InChI is InChI=1S/C8H9ClN4O2S2/c1-13-3-2-10-6(13)4-12-17(14,15)7-5-11-8(9)16-7/h2-3,5,12H,4H2,1H3. The fourth-order valence-electron chi connectivity index (χ4n) is 1.16. The Morgan fingerprint density at radius 3 is 2.82 bits per heavy atom. The zero-order chi connectivity index (χ0) is 12.5. The molecule has 0 aromatic carbocycles. The van der Waals surface area contributed by atoms with Gasteiger partial charge in [-0.05, 0) is 0 Å². The van der Waals surface area contributed by atoms with E-state index in [-0.39, 0.29) is 15.2 Å². The molecule has 0 atom stereocenters. The molecule has 0 radical (unpaired) electrons. The number of halogens is 1. The van der Waals surface area contributed by atoms with Gasteiger partial charge in [-0.15, -0.1) is 0 Å². The summed E-state index contributed by atoms with van der Waals surface area (Å²) in [5.41, 5.74) is 0. The summed E-state index contributed by atoms with van der Waals surface area (Å²) in [6.07, 6.45) is 4.58. The first-order valence-corrected chi connectivity index (χ1v) is 7.24. The largest absolute Gasteiger partial charge is 0.337 e. The Balaban J connectivity index is 2.11. The first-order valence-electron chi connectivity index (χ1n) is 4.56. The summed E-state index contributed by atoms with van der Waals surface area (Å²) in [5, 5.41) is 0. The van der Waals surface area contributed by atoms with Crippen LogP contribution in [-0.2, 0) is 23.6 Å². The maximum atomic E-state index is 11.8. The Kier molecular flexibility index (Phi) is 3.48. The SMILES string of the molecule is Cn1ccnc1CNS(=O)(=O)c1cnc(Cl)s1. The van der Waals surface area contributed by atoms with E-state index in [2.05, 4.69) is 14.7 Å². The number of rotatable bonds is 4. The van der Waals surface area contributed by atoms with E-state index in [1.807, 2.05) is 0 Å². The molecular formula is C8H9ClN4O2S2. The second kappa shape index (κ2) is 4.73. The van der Waals surface area contributed by atoms with Gasteiger partial charge in [0.25, 0.3) is 10.0 Å². The molecule has 92 valence electrons. The van der Waals surface area contributed by atoms with Crippen LogP contribution in [0.3, 0.4) is 0 Å². The van der Waals surface area contributed by atoms with Crippen LogP contribution in [0.15, 0.2) is 22.8 Å². The van der Waals surface area contributed by atoms with Crippen molar-refractivity contribution in [2.45, 2.75) is 10.8 Å². The van der Waals surface area contributed by atoms with E-state index in [1.54, 1.807) is 24.0 Å². The predicted molar refractivity (Wildman–Crippen MR) is 64.4 cm³/mol. The first-order chi connectivity index (χ1) is 7.99. The second-order valence-corrected chi connectivity index (χ2v) is 6.82. The van der Waals surface area contributed by atoms with E-state index < -0.39 is 10.0 Å². The summed E-state index contributed by atoms with van der Waals surface area (Å²) in [4.78, 5) is 7.70. The quantitative estimate of drug-likeness (QED) is 0.912. The molecule has 9 heteroatoms. The van der Waals surface area contributed by atoms with Gasteiger partial charge in [0.1, 0.15) is 5.82 Å².